The Labute approximate surface area is 105 Å². The van der Waals surface area contributed by atoms with E-state index in [4.69, 9.17) is 9.47 Å². The number of amides is 1. The van der Waals surface area contributed by atoms with Crippen molar-refractivity contribution < 1.29 is 18.7 Å². The minimum Gasteiger partial charge on any atom is -0.475 e. The van der Waals surface area contributed by atoms with Gasteiger partial charge in [0.1, 0.15) is 24.7 Å². The number of hydrogen-bond acceptors (Lipinski definition) is 4. The Morgan fingerprint density at radius 3 is 2.78 bits per heavy atom. The summed E-state index contributed by atoms with van der Waals surface area (Å²) < 4.78 is 22.0. The molecule has 1 N–H and O–H groups in total. The van der Waals surface area contributed by atoms with E-state index in [-0.39, 0.29) is 12.5 Å². The van der Waals surface area contributed by atoms with Crippen LogP contribution in [0.25, 0.3) is 0 Å². The molecule has 1 aromatic heterocycles. The van der Waals surface area contributed by atoms with Crippen LogP contribution < -0.4 is 10.1 Å². The van der Waals surface area contributed by atoms with Crippen LogP contribution in [0, 0.1) is 0 Å². The van der Waals surface area contributed by atoms with Crippen molar-refractivity contribution >= 4 is 11.9 Å². The molecular formula is C12H17FN2O3. The normalized spacial score (nSPS) is 10.9. The molecular weight excluding hydrogens is 239 g/mol. The third-order valence-electron chi connectivity index (χ3n) is 1.68. The van der Waals surface area contributed by atoms with Gasteiger partial charge in [-0.1, -0.05) is 6.07 Å². The first kappa shape index (κ1) is 14.2. The maximum atomic E-state index is 11.9. The summed E-state index contributed by atoms with van der Waals surface area (Å²) in [6.45, 7) is 4.64. The van der Waals surface area contributed by atoms with E-state index in [1.807, 2.05) is 0 Å². The second kappa shape index (κ2) is 6.18. The molecule has 5 nitrogen and oxygen atoms in total. The number of alkyl halides is 1. The topological polar surface area (TPSA) is 60.5 Å². The number of hydrogen-bond donors (Lipinski definition) is 1. The number of nitrogens with zero attached hydrogens (tertiary/aromatic N) is 1. The first-order valence-electron chi connectivity index (χ1n) is 5.56. The van der Waals surface area contributed by atoms with Gasteiger partial charge in [-0.25, -0.2) is 9.18 Å². The third-order valence-corrected chi connectivity index (χ3v) is 1.68. The molecule has 18 heavy (non-hydrogen) atoms. The number of ether oxygens (including phenoxy) is 2. The van der Waals surface area contributed by atoms with E-state index >= 15 is 0 Å². The molecule has 1 amide bonds. The highest BCUT2D eigenvalue weighted by Crippen LogP contribution is 2.13. The summed E-state index contributed by atoms with van der Waals surface area (Å²) in [6, 6.07) is 4.81. The fraction of sp³-hybridized carbons (Fsp3) is 0.500. The van der Waals surface area contributed by atoms with Crippen LogP contribution >= 0.6 is 0 Å². The standard InChI is InChI=1S/C12H17FN2O3/c1-12(2,3)18-11(16)15-9-5-4-6-10(14-9)17-8-7-13/h4-6H,7-8H2,1-3H3,(H,14,15,16). The van der Waals surface area contributed by atoms with Gasteiger partial charge in [0.05, 0.1) is 0 Å². The monoisotopic (exact) mass is 256 g/mol. The zero-order chi connectivity index (χ0) is 13.6. The van der Waals surface area contributed by atoms with Crippen LogP contribution in [0.3, 0.4) is 0 Å². The Morgan fingerprint density at radius 2 is 2.17 bits per heavy atom. The minimum absolute atomic E-state index is 0.0666. The van der Waals surface area contributed by atoms with Gasteiger partial charge in [0.25, 0.3) is 0 Å². The van der Waals surface area contributed by atoms with Crippen molar-refractivity contribution in [2.24, 2.45) is 0 Å². The lowest BCUT2D eigenvalue weighted by Gasteiger charge is -2.19. The Kier molecular flexibility index (Phi) is 4.88. The third kappa shape index (κ3) is 5.47. The summed E-state index contributed by atoms with van der Waals surface area (Å²) in [5, 5.41) is 2.47. The van der Waals surface area contributed by atoms with E-state index in [0.717, 1.165) is 0 Å². The van der Waals surface area contributed by atoms with Gasteiger partial charge in [-0.3, -0.25) is 5.32 Å². The lowest BCUT2D eigenvalue weighted by atomic mass is 10.2. The molecule has 0 bridgehead atoms. The molecule has 0 aliphatic carbocycles. The average molecular weight is 256 g/mol. The molecule has 0 fully saturated rings. The highest BCUT2D eigenvalue weighted by molar-refractivity contribution is 5.83. The largest absolute Gasteiger partial charge is 0.475 e. The van der Waals surface area contributed by atoms with Crippen molar-refractivity contribution in [3.05, 3.63) is 18.2 Å². The van der Waals surface area contributed by atoms with Gasteiger partial charge in [0.2, 0.25) is 5.88 Å². The van der Waals surface area contributed by atoms with Crippen LogP contribution in [-0.2, 0) is 4.74 Å². The van der Waals surface area contributed by atoms with Gasteiger partial charge in [-0.15, -0.1) is 0 Å². The average Bonchev–Trinajstić information content (AvgIpc) is 2.24. The Morgan fingerprint density at radius 1 is 1.44 bits per heavy atom. The van der Waals surface area contributed by atoms with Crippen molar-refractivity contribution in [1.82, 2.24) is 4.98 Å². The highest BCUT2D eigenvalue weighted by Gasteiger charge is 2.16. The summed E-state index contributed by atoms with van der Waals surface area (Å²) in [4.78, 5) is 15.5. The Bertz CT molecular complexity index is 405. The van der Waals surface area contributed by atoms with Crippen LogP contribution in [0.4, 0.5) is 15.0 Å². The van der Waals surface area contributed by atoms with E-state index in [9.17, 15) is 9.18 Å². The van der Waals surface area contributed by atoms with E-state index in [2.05, 4.69) is 10.3 Å². The van der Waals surface area contributed by atoms with Gasteiger partial charge in [-0.05, 0) is 26.8 Å². The number of carbonyl (C=O) groups excluding carboxylic acids is 1. The van der Waals surface area contributed by atoms with E-state index in [1.165, 1.54) is 0 Å². The first-order chi connectivity index (χ1) is 8.40. The minimum atomic E-state index is -0.599. The number of halogens is 1. The van der Waals surface area contributed by atoms with Crippen molar-refractivity contribution in [3.8, 4) is 5.88 Å². The van der Waals surface area contributed by atoms with Gasteiger partial charge in [0.15, 0.2) is 0 Å². The fourth-order valence-corrected chi connectivity index (χ4v) is 1.12. The Hall–Kier alpha value is -1.85. The van der Waals surface area contributed by atoms with E-state index in [1.54, 1.807) is 39.0 Å². The first-order valence-corrected chi connectivity index (χ1v) is 5.56. The van der Waals surface area contributed by atoms with E-state index in [0.29, 0.717) is 5.82 Å². The van der Waals surface area contributed by atoms with Gasteiger partial charge < -0.3 is 9.47 Å². The molecule has 0 aliphatic heterocycles. The van der Waals surface area contributed by atoms with Crippen LogP contribution in [-0.4, -0.2) is 30.0 Å². The van der Waals surface area contributed by atoms with E-state index < -0.39 is 18.4 Å². The number of rotatable bonds is 4. The van der Waals surface area contributed by atoms with Gasteiger partial charge in [0, 0.05) is 6.07 Å². The smallest absolute Gasteiger partial charge is 0.413 e. The lowest BCUT2D eigenvalue weighted by Crippen LogP contribution is -2.27. The molecule has 0 aliphatic rings. The molecule has 1 rings (SSSR count). The number of carbonyl (C=O) groups is 1. The molecule has 6 heteroatoms. The maximum absolute atomic E-state index is 11.9. The lowest BCUT2D eigenvalue weighted by molar-refractivity contribution is 0.0635. The molecule has 0 saturated carbocycles. The predicted molar refractivity (Wildman–Crippen MR) is 65.6 cm³/mol. The molecule has 0 radical (unpaired) electrons. The number of anilines is 1. The van der Waals surface area contributed by atoms with Crippen LogP contribution in [0.1, 0.15) is 20.8 Å². The van der Waals surface area contributed by atoms with Crippen LogP contribution in [0.15, 0.2) is 18.2 Å². The van der Waals surface area contributed by atoms with Crippen LogP contribution in [0.2, 0.25) is 0 Å². The summed E-state index contributed by atoms with van der Waals surface area (Å²) in [7, 11) is 0. The molecule has 0 atom stereocenters. The Balaban J connectivity index is 2.59. The van der Waals surface area contributed by atoms with Crippen molar-refractivity contribution in [3.63, 3.8) is 0 Å². The summed E-state index contributed by atoms with van der Waals surface area (Å²) in [6.07, 6.45) is -0.599. The number of aromatic nitrogens is 1. The predicted octanol–water partition coefficient (Wildman–Crippen LogP) is 2.78. The second-order valence-corrected chi connectivity index (χ2v) is 4.53. The summed E-state index contributed by atoms with van der Waals surface area (Å²) >= 11 is 0. The highest BCUT2D eigenvalue weighted by atomic mass is 19.1. The fourth-order valence-electron chi connectivity index (χ4n) is 1.12. The molecule has 100 valence electrons. The van der Waals surface area contributed by atoms with Crippen LogP contribution in [0.5, 0.6) is 5.88 Å². The number of nitrogens with one attached hydrogen (secondary N) is 1. The molecule has 1 heterocycles. The molecule has 0 unspecified atom stereocenters. The number of pyridine rings is 1. The summed E-state index contributed by atoms with van der Waals surface area (Å²) in [5.41, 5.74) is -0.577. The van der Waals surface area contributed by atoms with Gasteiger partial charge in [-0.2, -0.15) is 4.98 Å². The van der Waals surface area contributed by atoms with Gasteiger partial charge >= 0.3 is 6.09 Å². The zero-order valence-corrected chi connectivity index (χ0v) is 10.7. The zero-order valence-electron chi connectivity index (χ0n) is 10.7. The molecule has 0 spiro atoms. The molecule has 0 aromatic carbocycles. The maximum Gasteiger partial charge on any atom is 0.413 e. The second-order valence-electron chi connectivity index (χ2n) is 4.53. The SMILES string of the molecule is CC(C)(C)OC(=O)Nc1cccc(OCCF)n1. The summed E-state index contributed by atoms with van der Waals surface area (Å²) in [5.74, 6) is 0.543. The quantitative estimate of drug-likeness (QED) is 0.899. The molecule has 0 saturated heterocycles. The van der Waals surface area contributed by atoms with Crippen molar-refractivity contribution in [2.45, 2.75) is 26.4 Å². The van der Waals surface area contributed by atoms with Crippen molar-refractivity contribution in [1.29, 1.82) is 0 Å². The molecule has 1 aromatic rings. The van der Waals surface area contributed by atoms with Crippen molar-refractivity contribution in [2.75, 3.05) is 18.6 Å².